The number of hydrogen-bond donors (Lipinski definition) is 4. The van der Waals surface area contributed by atoms with Gasteiger partial charge in [-0.1, -0.05) is 83.1 Å². The molecule has 0 spiro atoms. The Bertz CT molecular complexity index is 1910. The van der Waals surface area contributed by atoms with Crippen molar-refractivity contribution in [2.75, 3.05) is 39.4 Å². The summed E-state index contributed by atoms with van der Waals surface area (Å²) in [5, 5.41) is 16.8. The van der Waals surface area contributed by atoms with Crippen LogP contribution in [-0.2, 0) is 28.5 Å². The van der Waals surface area contributed by atoms with Gasteiger partial charge in [-0.25, -0.2) is 14.4 Å². The Hall–Kier alpha value is -4.50. The third-order valence-corrected chi connectivity index (χ3v) is 14.2. The van der Waals surface area contributed by atoms with E-state index in [0.29, 0.717) is 35.4 Å². The highest BCUT2D eigenvalue weighted by atomic mass is 16.6. The number of ether oxygens (including phenoxy) is 4. The molecule has 2 amide bonds. The first-order valence-corrected chi connectivity index (χ1v) is 20.2. The number of fused-ring (bicyclic) bond motifs is 5. The molecule has 6 rings (SSSR count). The predicted molar refractivity (Wildman–Crippen MR) is 217 cm³/mol. The van der Waals surface area contributed by atoms with Crippen LogP contribution in [0.25, 0.3) is 0 Å². The number of nitrogens with one attached hydrogen (secondary N) is 1. The molecule has 2 saturated carbocycles. The van der Waals surface area contributed by atoms with Crippen molar-refractivity contribution in [3.63, 3.8) is 0 Å². The molecule has 2 aromatic rings. The monoisotopic (exact) mass is 803 g/mol. The number of para-hydroxylation sites is 1. The van der Waals surface area contributed by atoms with Gasteiger partial charge >= 0.3 is 18.2 Å². The molecule has 3 fully saturated rings. The Kier molecular flexibility index (Phi) is 11.8. The molecule has 316 valence electrons. The van der Waals surface area contributed by atoms with E-state index in [1.807, 2.05) is 102 Å². The van der Waals surface area contributed by atoms with Crippen LogP contribution in [-0.4, -0.2) is 103 Å². The van der Waals surface area contributed by atoms with E-state index >= 15 is 4.79 Å². The van der Waals surface area contributed by atoms with Crippen LogP contribution in [0.1, 0.15) is 72.9 Å². The van der Waals surface area contributed by atoms with Crippen LogP contribution in [0.4, 0.5) is 15.3 Å². The van der Waals surface area contributed by atoms with Crippen molar-refractivity contribution in [1.82, 2.24) is 9.80 Å². The largest absolute Gasteiger partial charge is 0.455 e. The quantitative estimate of drug-likeness (QED) is 0.106. The lowest BCUT2D eigenvalue weighted by atomic mass is 9.40. The van der Waals surface area contributed by atoms with E-state index in [9.17, 15) is 19.5 Å². The fourth-order valence-corrected chi connectivity index (χ4v) is 10.9. The number of anilines is 1. The smallest absolute Gasteiger partial charge is 0.411 e. The highest BCUT2D eigenvalue weighted by Gasteiger charge is 2.73. The molecule has 0 radical (unpaired) electrons. The van der Waals surface area contributed by atoms with Crippen molar-refractivity contribution >= 4 is 29.6 Å². The molecular formula is C44H61N5O9. The van der Waals surface area contributed by atoms with Gasteiger partial charge in [-0.2, -0.15) is 0 Å². The summed E-state index contributed by atoms with van der Waals surface area (Å²) in [7, 11) is 3.00. The zero-order valence-electron chi connectivity index (χ0n) is 35.2. The van der Waals surface area contributed by atoms with Gasteiger partial charge in [0, 0.05) is 49.4 Å². The normalized spacial score (nSPS) is 33.4. The predicted octanol–water partition coefficient (Wildman–Crippen LogP) is 5.22. The molecule has 3 aliphatic carbocycles. The second-order valence-corrected chi connectivity index (χ2v) is 17.8. The Labute approximate surface area is 341 Å². The molecular weight excluding hydrogens is 743 g/mol. The number of esters is 1. The van der Waals surface area contributed by atoms with Gasteiger partial charge in [0.05, 0.1) is 43.1 Å². The number of nitrogens with two attached hydrogens (primary N) is 2. The molecule has 1 aliphatic heterocycles. The Morgan fingerprint density at radius 3 is 2.09 bits per heavy atom. The lowest BCUT2D eigenvalue weighted by molar-refractivity contribution is -0.301. The minimum absolute atomic E-state index is 0.0107. The molecule has 0 unspecified atom stereocenters. The third kappa shape index (κ3) is 6.95. The second kappa shape index (κ2) is 15.9. The number of carbonyl (C=O) groups is 4. The molecule has 58 heavy (non-hydrogen) atoms. The van der Waals surface area contributed by atoms with Crippen LogP contribution in [0.15, 0.2) is 71.8 Å². The van der Waals surface area contributed by atoms with Crippen molar-refractivity contribution in [1.29, 1.82) is 0 Å². The minimum Gasteiger partial charge on any atom is -0.455 e. The first-order valence-electron chi connectivity index (χ1n) is 20.2. The number of carbonyl (C=O) groups excluding carboxylic acids is 4. The number of Topliss-reactive ketones (excluding diaryl/α,β-unsaturated/α-hetero) is 1. The zero-order chi connectivity index (χ0) is 42.5. The molecule has 2 bridgehead atoms. The molecule has 11 atom stereocenters. The summed E-state index contributed by atoms with van der Waals surface area (Å²) in [6.07, 6.45) is -4.86. The summed E-state index contributed by atoms with van der Waals surface area (Å²) in [5.41, 5.74) is 9.89. The molecule has 14 heteroatoms. The van der Waals surface area contributed by atoms with Crippen LogP contribution >= 0.6 is 0 Å². The van der Waals surface area contributed by atoms with E-state index in [0.717, 1.165) is 4.90 Å². The molecule has 1 heterocycles. The fourth-order valence-electron chi connectivity index (χ4n) is 10.9. The highest BCUT2D eigenvalue weighted by Crippen LogP contribution is 2.68. The summed E-state index contributed by atoms with van der Waals surface area (Å²) in [6.45, 7) is 13.6. The van der Waals surface area contributed by atoms with Gasteiger partial charge in [-0.05, 0) is 54.5 Å². The molecule has 14 nitrogen and oxygen atoms in total. The number of benzene rings is 2. The maximum atomic E-state index is 15.4. The summed E-state index contributed by atoms with van der Waals surface area (Å²) < 4.78 is 24.7. The number of aliphatic hydroxyl groups is 1. The SMILES string of the molecule is CC1=C2[C@@H](C)C(=O)[C@]3(C)[C@@H](OC(=O)N(C)CN)C[C@H]4OC[C@@]4(C)[C@H]3[C@H](C)[C@](O)(C[C@@H]1OC(=O)[C@H](OC(=O)N(C)CN)[C@@H](Nc1ccccc1)c1ccccc1)C2(C)C. The van der Waals surface area contributed by atoms with Crippen LogP contribution in [0.2, 0.25) is 0 Å². The Morgan fingerprint density at radius 1 is 0.931 bits per heavy atom. The van der Waals surface area contributed by atoms with Crippen molar-refractivity contribution in [3.05, 3.63) is 77.4 Å². The second-order valence-electron chi connectivity index (χ2n) is 17.8. The number of ketones is 1. The molecule has 1 saturated heterocycles. The molecule has 4 aliphatic rings. The number of rotatable bonds is 10. The average Bonchev–Trinajstić information content (AvgIpc) is 3.20. The summed E-state index contributed by atoms with van der Waals surface area (Å²) in [5.74, 6) is -2.86. The summed E-state index contributed by atoms with van der Waals surface area (Å²) >= 11 is 0. The van der Waals surface area contributed by atoms with Gasteiger partial charge < -0.3 is 40.8 Å². The third-order valence-electron chi connectivity index (χ3n) is 14.2. The van der Waals surface area contributed by atoms with Crippen LogP contribution in [0, 0.1) is 34.0 Å². The standard InChI is InChI=1S/C44H61N5O9/c1-25-30(56-38(51)35(58-40(53)49(9)24-46)34(28-16-12-10-13-17-28)47-29-18-14-11-15-19-29)21-44(54)27(3)36-42(6)22-55-31(42)20-32(57-39(52)48(8)23-45)43(36,7)37(50)26(2)33(25)41(44,4)5/h10-19,26-27,30-32,34-36,47,54H,20-24,45-46H2,1-9H3/t26-,27+,30+,31-,32+,34+,35-,36-,42-,43-,44-/m1/s1. The summed E-state index contributed by atoms with van der Waals surface area (Å²) in [4.78, 5) is 59.2. The van der Waals surface area contributed by atoms with Crippen molar-refractivity contribution in [3.8, 4) is 0 Å². The first kappa shape index (κ1) is 43.1. The Balaban J connectivity index is 1.44. The molecule has 0 aromatic heterocycles. The maximum Gasteiger partial charge on any atom is 0.411 e. The number of amides is 2. The van der Waals surface area contributed by atoms with E-state index in [1.165, 1.54) is 19.0 Å². The summed E-state index contributed by atoms with van der Waals surface area (Å²) in [6, 6.07) is 17.5. The van der Waals surface area contributed by atoms with Crippen LogP contribution in [0.3, 0.4) is 0 Å². The van der Waals surface area contributed by atoms with E-state index in [-0.39, 0.29) is 31.6 Å². The lowest BCUT2D eigenvalue weighted by Gasteiger charge is -2.69. The highest BCUT2D eigenvalue weighted by molar-refractivity contribution is 5.91. The first-order chi connectivity index (χ1) is 27.3. The average molecular weight is 804 g/mol. The van der Waals surface area contributed by atoms with Crippen LogP contribution < -0.4 is 16.8 Å². The molecule has 6 N–H and O–H groups in total. The van der Waals surface area contributed by atoms with E-state index in [2.05, 4.69) is 12.2 Å². The Morgan fingerprint density at radius 2 is 1.52 bits per heavy atom. The maximum absolute atomic E-state index is 15.4. The fraction of sp³-hybridized carbons (Fsp3) is 0.591. The van der Waals surface area contributed by atoms with Gasteiger partial charge in [0.25, 0.3) is 0 Å². The van der Waals surface area contributed by atoms with Gasteiger partial charge in [0.2, 0.25) is 6.10 Å². The number of hydrogen-bond acceptors (Lipinski definition) is 12. The van der Waals surface area contributed by atoms with Crippen molar-refractivity contribution < 1.29 is 43.2 Å². The van der Waals surface area contributed by atoms with Crippen molar-refractivity contribution in [2.45, 2.75) is 97.4 Å². The zero-order valence-corrected chi connectivity index (χ0v) is 35.2. The lowest BCUT2D eigenvalue weighted by Crippen LogP contribution is -2.74. The van der Waals surface area contributed by atoms with Gasteiger partial charge in [0.1, 0.15) is 18.0 Å². The van der Waals surface area contributed by atoms with E-state index in [4.69, 9.17) is 30.4 Å². The number of nitrogens with zero attached hydrogens (tertiary/aromatic N) is 2. The van der Waals surface area contributed by atoms with E-state index in [1.54, 1.807) is 0 Å². The van der Waals surface area contributed by atoms with E-state index < -0.39 is 82.1 Å². The minimum atomic E-state index is -1.55. The van der Waals surface area contributed by atoms with Gasteiger partial charge in [-0.15, -0.1) is 0 Å². The van der Waals surface area contributed by atoms with Crippen LogP contribution in [0.5, 0.6) is 0 Å². The van der Waals surface area contributed by atoms with Gasteiger partial charge in [-0.3, -0.25) is 14.6 Å². The topological polar surface area (TPSA) is 196 Å². The molecule has 2 aromatic carbocycles. The van der Waals surface area contributed by atoms with Crippen molar-refractivity contribution in [2.24, 2.45) is 45.5 Å². The van der Waals surface area contributed by atoms with Gasteiger partial charge in [0.15, 0.2) is 0 Å².